The number of hydrogen-bond acceptors (Lipinski definition) is 7. The van der Waals surface area contributed by atoms with E-state index in [-0.39, 0.29) is 23.4 Å². The zero-order valence-corrected chi connectivity index (χ0v) is 20.5. The molecule has 9 heteroatoms. The average Bonchev–Trinajstić information content (AvgIpc) is 2.91. The maximum Gasteiger partial charge on any atom is 0.312 e. The predicted octanol–water partition coefficient (Wildman–Crippen LogP) is 4.75. The monoisotopic (exact) mass is 514 g/mol. The summed E-state index contributed by atoms with van der Waals surface area (Å²) in [5, 5.41) is 20.7. The van der Waals surface area contributed by atoms with Crippen LogP contribution in [-0.4, -0.2) is 42.3 Å². The third kappa shape index (κ3) is 4.51. The molecule has 7 nitrogen and oxygen atoms in total. The number of anilines is 1. The van der Waals surface area contributed by atoms with Crippen LogP contribution in [0.2, 0.25) is 0 Å². The molecule has 2 heterocycles. The number of piperidine rings is 1. The number of halogens is 2. The Labute approximate surface area is 217 Å². The van der Waals surface area contributed by atoms with Crippen molar-refractivity contribution >= 4 is 22.6 Å². The summed E-state index contributed by atoms with van der Waals surface area (Å²) in [5.74, 6) is -2.65. The summed E-state index contributed by atoms with van der Waals surface area (Å²) in [4.78, 5) is 19.0. The topological polar surface area (TPSA) is 112 Å². The van der Waals surface area contributed by atoms with Gasteiger partial charge in [0, 0.05) is 47.9 Å². The van der Waals surface area contributed by atoms with Crippen molar-refractivity contribution in [3.63, 3.8) is 0 Å². The van der Waals surface area contributed by atoms with Crippen LogP contribution in [-0.2, 0) is 9.53 Å². The number of carbonyl (C=O) groups is 1. The second-order valence-corrected chi connectivity index (χ2v) is 9.25. The minimum atomic E-state index is -0.730. The molecule has 0 amide bonds. The van der Waals surface area contributed by atoms with E-state index in [1.165, 1.54) is 25.3 Å². The van der Waals surface area contributed by atoms with E-state index in [1.54, 1.807) is 30.5 Å². The van der Waals surface area contributed by atoms with Crippen LogP contribution < -0.4 is 10.6 Å². The molecule has 1 fully saturated rings. The molecule has 0 saturated carbocycles. The Morgan fingerprint density at radius 3 is 2.61 bits per heavy atom. The first-order valence-corrected chi connectivity index (χ1v) is 12.0. The highest BCUT2D eigenvalue weighted by atomic mass is 19.1. The Morgan fingerprint density at radius 2 is 1.89 bits per heavy atom. The number of rotatable bonds is 4. The number of carbonyl (C=O) groups excluding carboxylic acids is 1. The van der Waals surface area contributed by atoms with Gasteiger partial charge in [0.2, 0.25) is 0 Å². The van der Waals surface area contributed by atoms with Crippen LogP contribution in [0.5, 0.6) is 5.75 Å². The highest BCUT2D eigenvalue weighted by molar-refractivity contribution is 6.02. The molecule has 0 unspecified atom stereocenters. The maximum atomic E-state index is 14.3. The first-order chi connectivity index (χ1) is 18.3. The summed E-state index contributed by atoms with van der Waals surface area (Å²) < 4.78 is 33.5. The summed E-state index contributed by atoms with van der Waals surface area (Å²) in [6.07, 6.45) is 2.05. The van der Waals surface area contributed by atoms with Crippen molar-refractivity contribution < 1.29 is 23.4 Å². The smallest absolute Gasteiger partial charge is 0.312 e. The largest absolute Gasteiger partial charge is 0.506 e. The average molecular weight is 515 g/mol. The molecular formula is C29H24F2N4O3. The second kappa shape index (κ2) is 10.1. The van der Waals surface area contributed by atoms with Crippen molar-refractivity contribution in [2.75, 3.05) is 25.1 Å². The molecule has 1 aromatic heterocycles. The van der Waals surface area contributed by atoms with E-state index < -0.39 is 29.6 Å². The van der Waals surface area contributed by atoms with Crippen LogP contribution in [0.25, 0.3) is 33.2 Å². The van der Waals surface area contributed by atoms with Gasteiger partial charge in [0.15, 0.2) is 0 Å². The van der Waals surface area contributed by atoms with Gasteiger partial charge in [-0.05, 0) is 47.9 Å². The van der Waals surface area contributed by atoms with Gasteiger partial charge in [-0.25, -0.2) is 8.78 Å². The number of methoxy groups -OCH3 is 1. The molecule has 0 spiro atoms. The predicted molar refractivity (Wildman–Crippen MR) is 139 cm³/mol. The molecular weight excluding hydrogens is 490 g/mol. The Balaban J connectivity index is 1.76. The van der Waals surface area contributed by atoms with Gasteiger partial charge in [-0.15, -0.1) is 0 Å². The quantitative estimate of drug-likeness (QED) is 0.378. The summed E-state index contributed by atoms with van der Waals surface area (Å²) >= 11 is 0. The summed E-state index contributed by atoms with van der Waals surface area (Å²) in [5.41, 5.74) is 9.44. The number of hydrogen-bond donors (Lipinski definition) is 2. The number of pyridine rings is 1. The number of para-hydroxylation sites is 1. The van der Waals surface area contributed by atoms with Crippen molar-refractivity contribution in [3.8, 4) is 34.1 Å². The van der Waals surface area contributed by atoms with Crippen molar-refractivity contribution in [2.45, 2.75) is 12.5 Å². The minimum absolute atomic E-state index is 0.135. The first kappa shape index (κ1) is 25.1. The van der Waals surface area contributed by atoms with Crippen LogP contribution >= 0.6 is 0 Å². The number of nitrogens with zero attached hydrogens (tertiary/aromatic N) is 3. The second-order valence-electron chi connectivity index (χ2n) is 9.25. The molecule has 192 valence electrons. The van der Waals surface area contributed by atoms with Crippen LogP contribution in [0.4, 0.5) is 14.5 Å². The lowest BCUT2D eigenvalue weighted by Crippen LogP contribution is -2.50. The van der Waals surface area contributed by atoms with E-state index >= 15 is 0 Å². The van der Waals surface area contributed by atoms with Gasteiger partial charge in [-0.2, -0.15) is 5.26 Å². The molecule has 1 aliphatic rings. The lowest BCUT2D eigenvalue weighted by atomic mass is 9.90. The van der Waals surface area contributed by atoms with Gasteiger partial charge in [-0.3, -0.25) is 9.78 Å². The molecule has 0 aliphatic carbocycles. The molecule has 5 rings (SSSR count). The fraction of sp³-hybridized carbons (Fsp3) is 0.207. The zero-order chi connectivity index (χ0) is 27.0. The third-order valence-electron chi connectivity index (χ3n) is 6.97. The normalized spacial score (nSPS) is 17.3. The van der Waals surface area contributed by atoms with Crippen molar-refractivity contribution in [1.82, 2.24) is 4.98 Å². The van der Waals surface area contributed by atoms with Gasteiger partial charge in [-0.1, -0.05) is 18.2 Å². The van der Waals surface area contributed by atoms with Crippen LogP contribution in [0.1, 0.15) is 12.0 Å². The SMILES string of the molecule is COC(=O)[C@H]1CN(c2c(-c3cc(F)cc(F)c3)cnc3ccc(-c4cccc(C#N)c4O)cc23)CC[C@@H]1N. The number of aromatic hydroxyl groups is 1. The van der Waals surface area contributed by atoms with Crippen LogP contribution in [0.15, 0.2) is 60.8 Å². The summed E-state index contributed by atoms with van der Waals surface area (Å²) in [7, 11) is 1.31. The summed E-state index contributed by atoms with van der Waals surface area (Å²) in [6.45, 7) is 0.717. The Kier molecular flexibility index (Phi) is 6.66. The van der Waals surface area contributed by atoms with Gasteiger partial charge in [0.1, 0.15) is 23.5 Å². The molecule has 1 aliphatic heterocycles. The number of aromatic nitrogens is 1. The number of nitrogens with two attached hydrogens (primary N) is 1. The van der Waals surface area contributed by atoms with Crippen molar-refractivity contribution in [1.29, 1.82) is 5.26 Å². The lowest BCUT2D eigenvalue weighted by molar-refractivity contribution is -0.146. The first-order valence-electron chi connectivity index (χ1n) is 12.0. The molecule has 4 aromatic rings. The van der Waals surface area contributed by atoms with E-state index in [1.807, 2.05) is 17.0 Å². The Bertz CT molecular complexity index is 1580. The standard InChI is InChI=1S/C29H24F2N4O3/c1-38-29(37)24-15-35(8-7-25(24)33)27-22-11-16(21-4-2-3-17(13-32)28(21)36)5-6-26(22)34-14-23(27)18-9-19(30)12-20(31)10-18/h2-6,9-12,14,24-25,36H,7-8,15,33H2,1H3/t24-,25-/m0/s1. The number of ether oxygens (including phenoxy) is 1. The molecule has 0 radical (unpaired) electrons. The van der Waals surface area contributed by atoms with E-state index in [2.05, 4.69) is 4.98 Å². The van der Waals surface area contributed by atoms with Gasteiger partial charge < -0.3 is 20.5 Å². The van der Waals surface area contributed by atoms with Gasteiger partial charge >= 0.3 is 5.97 Å². The van der Waals surface area contributed by atoms with E-state index in [9.17, 15) is 23.9 Å². The van der Waals surface area contributed by atoms with Crippen molar-refractivity contribution in [3.05, 3.63) is 78.0 Å². The Hall–Kier alpha value is -4.55. The number of phenols is 1. The third-order valence-corrected chi connectivity index (χ3v) is 6.97. The highest BCUT2D eigenvalue weighted by Crippen LogP contribution is 2.41. The van der Waals surface area contributed by atoms with Crippen LogP contribution in [0.3, 0.4) is 0 Å². The van der Waals surface area contributed by atoms with Gasteiger partial charge in [0.05, 0.1) is 29.8 Å². The summed E-state index contributed by atoms with van der Waals surface area (Å²) in [6, 6.07) is 15.1. The number of nitriles is 1. The number of benzene rings is 3. The molecule has 3 aromatic carbocycles. The maximum absolute atomic E-state index is 14.3. The van der Waals surface area contributed by atoms with Crippen molar-refractivity contribution in [2.24, 2.45) is 11.7 Å². The zero-order valence-electron chi connectivity index (χ0n) is 20.5. The molecule has 38 heavy (non-hydrogen) atoms. The Morgan fingerprint density at radius 1 is 1.13 bits per heavy atom. The van der Waals surface area contributed by atoms with E-state index in [0.717, 1.165) is 6.07 Å². The molecule has 1 saturated heterocycles. The minimum Gasteiger partial charge on any atom is -0.506 e. The van der Waals surface area contributed by atoms with E-state index in [4.69, 9.17) is 10.5 Å². The number of esters is 1. The van der Waals surface area contributed by atoms with Gasteiger partial charge in [0.25, 0.3) is 0 Å². The fourth-order valence-electron chi connectivity index (χ4n) is 5.05. The number of fused-ring (bicyclic) bond motifs is 1. The molecule has 0 bridgehead atoms. The lowest BCUT2D eigenvalue weighted by Gasteiger charge is -2.38. The molecule has 3 N–H and O–H groups in total. The van der Waals surface area contributed by atoms with E-state index in [0.29, 0.717) is 46.2 Å². The fourth-order valence-corrected chi connectivity index (χ4v) is 5.05. The highest BCUT2D eigenvalue weighted by Gasteiger charge is 2.34. The number of phenolic OH excluding ortho intramolecular Hbond substituents is 1. The van der Waals surface area contributed by atoms with Crippen LogP contribution in [0, 0.1) is 28.9 Å². The molecule has 2 atom stereocenters.